The SMILES string of the molecule is CC(CNCC(F)(F)F)Cc1cn2ccsc2n1. The molecule has 2 rings (SSSR count). The quantitative estimate of drug-likeness (QED) is 0.910. The van der Waals surface area contributed by atoms with Crippen molar-refractivity contribution in [2.75, 3.05) is 13.1 Å². The van der Waals surface area contributed by atoms with Crippen LogP contribution in [0.3, 0.4) is 0 Å². The van der Waals surface area contributed by atoms with Crippen LogP contribution in [0.4, 0.5) is 13.2 Å². The Hall–Kier alpha value is -1.08. The van der Waals surface area contributed by atoms with E-state index in [0.717, 1.165) is 10.7 Å². The summed E-state index contributed by atoms with van der Waals surface area (Å²) in [7, 11) is 0. The average Bonchev–Trinajstić information content (AvgIpc) is 2.75. The zero-order valence-corrected chi connectivity index (χ0v) is 10.7. The maximum absolute atomic E-state index is 12.0. The summed E-state index contributed by atoms with van der Waals surface area (Å²) in [6.07, 6.45) is 0.380. The molecule has 1 unspecified atom stereocenters. The summed E-state index contributed by atoms with van der Waals surface area (Å²) in [5, 5.41) is 4.36. The molecule has 0 aliphatic heterocycles. The average molecular weight is 277 g/mol. The first-order valence-electron chi connectivity index (χ1n) is 5.62. The van der Waals surface area contributed by atoms with Gasteiger partial charge in [0.2, 0.25) is 0 Å². The highest BCUT2D eigenvalue weighted by molar-refractivity contribution is 7.15. The molecule has 100 valence electrons. The van der Waals surface area contributed by atoms with Gasteiger partial charge in [0.25, 0.3) is 0 Å². The highest BCUT2D eigenvalue weighted by Gasteiger charge is 2.26. The minimum absolute atomic E-state index is 0.122. The normalized spacial score (nSPS) is 14.2. The van der Waals surface area contributed by atoms with Gasteiger partial charge in [-0.1, -0.05) is 6.92 Å². The van der Waals surface area contributed by atoms with Crippen molar-refractivity contribution in [3.05, 3.63) is 23.5 Å². The van der Waals surface area contributed by atoms with Gasteiger partial charge in [-0.3, -0.25) is 4.40 Å². The molecular formula is C11H14F3N3S. The van der Waals surface area contributed by atoms with E-state index in [0.29, 0.717) is 13.0 Å². The second-order valence-electron chi connectivity index (χ2n) is 4.38. The molecule has 18 heavy (non-hydrogen) atoms. The van der Waals surface area contributed by atoms with Crippen molar-refractivity contribution < 1.29 is 13.2 Å². The first kappa shape index (κ1) is 13.4. The van der Waals surface area contributed by atoms with Crippen LogP contribution < -0.4 is 5.32 Å². The summed E-state index contributed by atoms with van der Waals surface area (Å²) in [5.41, 5.74) is 0.920. The van der Waals surface area contributed by atoms with Crippen molar-refractivity contribution in [1.82, 2.24) is 14.7 Å². The van der Waals surface area contributed by atoms with E-state index in [9.17, 15) is 13.2 Å². The minimum atomic E-state index is -4.14. The lowest BCUT2D eigenvalue weighted by Gasteiger charge is -2.12. The van der Waals surface area contributed by atoms with Gasteiger partial charge >= 0.3 is 6.18 Å². The van der Waals surface area contributed by atoms with Gasteiger partial charge in [-0.2, -0.15) is 13.2 Å². The number of rotatable bonds is 5. The number of fused-ring (bicyclic) bond motifs is 1. The van der Waals surface area contributed by atoms with Gasteiger partial charge in [0.1, 0.15) is 0 Å². The summed E-state index contributed by atoms with van der Waals surface area (Å²) in [5.74, 6) is 0.122. The first-order valence-corrected chi connectivity index (χ1v) is 6.50. The third kappa shape index (κ3) is 3.71. The van der Waals surface area contributed by atoms with Gasteiger partial charge in [-0.05, 0) is 18.9 Å². The minimum Gasteiger partial charge on any atom is -0.308 e. The maximum atomic E-state index is 12.0. The Kier molecular flexibility index (Phi) is 3.91. The van der Waals surface area contributed by atoms with E-state index >= 15 is 0 Å². The van der Waals surface area contributed by atoms with E-state index in [2.05, 4.69) is 10.3 Å². The Bertz CT molecular complexity index is 474. The Balaban J connectivity index is 1.80. The van der Waals surface area contributed by atoms with Crippen molar-refractivity contribution in [3.63, 3.8) is 0 Å². The lowest BCUT2D eigenvalue weighted by atomic mass is 10.1. The van der Waals surface area contributed by atoms with Crippen LogP contribution in [-0.4, -0.2) is 28.7 Å². The van der Waals surface area contributed by atoms with Crippen LogP contribution in [0.15, 0.2) is 17.8 Å². The van der Waals surface area contributed by atoms with E-state index in [1.54, 1.807) is 11.3 Å². The number of nitrogens with one attached hydrogen (secondary N) is 1. The Labute approximate surface area is 107 Å². The molecule has 0 saturated carbocycles. The smallest absolute Gasteiger partial charge is 0.308 e. The number of aromatic nitrogens is 2. The van der Waals surface area contributed by atoms with Crippen LogP contribution in [-0.2, 0) is 6.42 Å². The number of hydrogen-bond acceptors (Lipinski definition) is 3. The van der Waals surface area contributed by atoms with E-state index in [-0.39, 0.29) is 5.92 Å². The third-order valence-electron chi connectivity index (χ3n) is 2.52. The lowest BCUT2D eigenvalue weighted by molar-refractivity contribution is -0.125. The molecular weight excluding hydrogens is 263 g/mol. The molecule has 0 aromatic carbocycles. The monoisotopic (exact) mass is 277 g/mol. The molecule has 1 atom stereocenters. The molecule has 1 N–H and O–H groups in total. The molecule has 0 radical (unpaired) electrons. The van der Waals surface area contributed by atoms with Crippen LogP contribution in [0.1, 0.15) is 12.6 Å². The summed E-state index contributed by atoms with van der Waals surface area (Å²) in [4.78, 5) is 5.32. The van der Waals surface area contributed by atoms with Crippen molar-refractivity contribution in [2.45, 2.75) is 19.5 Å². The van der Waals surface area contributed by atoms with Crippen molar-refractivity contribution in [2.24, 2.45) is 5.92 Å². The molecule has 0 spiro atoms. The first-order chi connectivity index (χ1) is 8.44. The zero-order valence-electron chi connectivity index (χ0n) is 9.87. The predicted molar refractivity (Wildman–Crippen MR) is 64.9 cm³/mol. The largest absolute Gasteiger partial charge is 0.401 e. The molecule has 2 aromatic heterocycles. The zero-order chi connectivity index (χ0) is 13.2. The molecule has 0 aliphatic carbocycles. The Morgan fingerprint density at radius 2 is 2.28 bits per heavy atom. The Morgan fingerprint density at radius 3 is 2.94 bits per heavy atom. The fraction of sp³-hybridized carbons (Fsp3) is 0.545. The van der Waals surface area contributed by atoms with Gasteiger partial charge in [-0.15, -0.1) is 11.3 Å². The van der Waals surface area contributed by atoms with Crippen LogP contribution in [0, 0.1) is 5.92 Å². The van der Waals surface area contributed by atoms with Gasteiger partial charge in [0.05, 0.1) is 12.2 Å². The van der Waals surface area contributed by atoms with Gasteiger partial charge < -0.3 is 5.32 Å². The highest BCUT2D eigenvalue weighted by Crippen LogP contribution is 2.15. The molecule has 7 heteroatoms. The van der Waals surface area contributed by atoms with Crippen LogP contribution in [0.25, 0.3) is 4.96 Å². The molecule has 3 nitrogen and oxygen atoms in total. The molecule has 2 heterocycles. The Morgan fingerprint density at radius 1 is 1.50 bits per heavy atom. The van der Waals surface area contributed by atoms with Gasteiger partial charge in [0, 0.05) is 17.8 Å². The summed E-state index contributed by atoms with van der Waals surface area (Å²) >= 11 is 1.54. The summed E-state index contributed by atoms with van der Waals surface area (Å²) < 4.78 is 37.8. The van der Waals surface area contributed by atoms with Crippen LogP contribution in [0.2, 0.25) is 0 Å². The number of thiazole rings is 1. The van der Waals surface area contributed by atoms with Crippen molar-refractivity contribution in [3.8, 4) is 0 Å². The van der Waals surface area contributed by atoms with Gasteiger partial charge in [0.15, 0.2) is 4.96 Å². The molecule has 0 aliphatic rings. The number of alkyl halides is 3. The maximum Gasteiger partial charge on any atom is 0.401 e. The second-order valence-corrected chi connectivity index (χ2v) is 5.25. The van der Waals surface area contributed by atoms with E-state index in [4.69, 9.17) is 0 Å². The topological polar surface area (TPSA) is 29.3 Å². The molecule has 2 aromatic rings. The van der Waals surface area contributed by atoms with Crippen molar-refractivity contribution in [1.29, 1.82) is 0 Å². The predicted octanol–water partition coefficient (Wildman–Crippen LogP) is 2.73. The standard InChI is InChI=1S/C11H14F3N3S/c1-8(5-15-7-11(12,13)14)4-9-6-17-2-3-18-10(17)16-9/h2-3,6,8,15H,4-5,7H2,1H3. The second kappa shape index (κ2) is 5.27. The molecule has 0 amide bonds. The van der Waals surface area contributed by atoms with E-state index in [1.807, 2.05) is 29.1 Å². The van der Waals surface area contributed by atoms with Crippen LogP contribution >= 0.6 is 11.3 Å². The molecule has 0 bridgehead atoms. The van der Waals surface area contributed by atoms with E-state index < -0.39 is 12.7 Å². The number of imidazole rings is 1. The van der Waals surface area contributed by atoms with Crippen LogP contribution in [0.5, 0.6) is 0 Å². The number of halogens is 3. The van der Waals surface area contributed by atoms with E-state index in [1.165, 1.54) is 0 Å². The fourth-order valence-corrected chi connectivity index (χ4v) is 2.48. The number of nitrogens with zero attached hydrogens (tertiary/aromatic N) is 2. The summed E-state index contributed by atoms with van der Waals surface area (Å²) in [6.45, 7) is 1.32. The highest BCUT2D eigenvalue weighted by atomic mass is 32.1. The van der Waals surface area contributed by atoms with Crippen molar-refractivity contribution >= 4 is 16.3 Å². The molecule has 0 fully saturated rings. The molecule has 0 saturated heterocycles. The third-order valence-corrected chi connectivity index (χ3v) is 3.29. The van der Waals surface area contributed by atoms with Gasteiger partial charge in [-0.25, -0.2) is 4.98 Å². The number of hydrogen-bond donors (Lipinski definition) is 1. The summed E-state index contributed by atoms with van der Waals surface area (Å²) in [6, 6.07) is 0. The lowest BCUT2D eigenvalue weighted by Crippen LogP contribution is -2.32. The fourth-order valence-electron chi connectivity index (χ4n) is 1.76.